The van der Waals surface area contributed by atoms with Gasteiger partial charge in [0.2, 0.25) is 5.91 Å². The van der Waals surface area contributed by atoms with Crippen LogP contribution in [-0.4, -0.2) is 37.6 Å². The van der Waals surface area contributed by atoms with Gasteiger partial charge in [-0.2, -0.15) is 0 Å². The predicted molar refractivity (Wildman–Crippen MR) is 88.6 cm³/mol. The zero-order valence-electron chi connectivity index (χ0n) is 13.2. The monoisotopic (exact) mass is 308 g/mol. The molecule has 1 saturated heterocycles. The Bertz CT molecular complexity index is 729. The second-order valence-electron chi connectivity index (χ2n) is 6.15. The summed E-state index contributed by atoms with van der Waals surface area (Å²) < 4.78 is 5.39. The summed E-state index contributed by atoms with van der Waals surface area (Å²) in [5.41, 5.74) is 3.60. The molecule has 4 rings (SSSR count). The maximum absolute atomic E-state index is 12.4. The molecule has 0 spiro atoms. The van der Waals surface area contributed by atoms with Crippen molar-refractivity contribution in [2.24, 2.45) is 0 Å². The largest absolute Gasteiger partial charge is 0.497 e. The third-order valence-electron chi connectivity index (χ3n) is 4.89. The van der Waals surface area contributed by atoms with Gasteiger partial charge in [-0.1, -0.05) is 36.4 Å². The van der Waals surface area contributed by atoms with Gasteiger partial charge < -0.3 is 10.1 Å². The van der Waals surface area contributed by atoms with Gasteiger partial charge in [-0.25, -0.2) is 0 Å². The first kappa shape index (κ1) is 14.3. The first-order valence-electron chi connectivity index (χ1n) is 8.02. The van der Waals surface area contributed by atoms with E-state index in [0.29, 0.717) is 5.92 Å². The van der Waals surface area contributed by atoms with Crippen LogP contribution in [0.4, 0.5) is 0 Å². The molecular weight excluding hydrogens is 288 g/mol. The van der Waals surface area contributed by atoms with E-state index < -0.39 is 0 Å². The van der Waals surface area contributed by atoms with Crippen LogP contribution in [0.2, 0.25) is 0 Å². The minimum atomic E-state index is -0.200. The fourth-order valence-electron chi connectivity index (χ4n) is 3.79. The molecule has 0 saturated carbocycles. The van der Waals surface area contributed by atoms with Crippen molar-refractivity contribution >= 4 is 5.91 Å². The van der Waals surface area contributed by atoms with Crippen LogP contribution in [0.15, 0.2) is 48.5 Å². The van der Waals surface area contributed by atoms with Crippen molar-refractivity contribution in [1.29, 1.82) is 0 Å². The second-order valence-corrected chi connectivity index (χ2v) is 6.15. The lowest BCUT2D eigenvalue weighted by molar-refractivity contribution is -0.129. The summed E-state index contributed by atoms with van der Waals surface area (Å²) in [5, 5.41) is 2.99. The van der Waals surface area contributed by atoms with Crippen molar-refractivity contribution < 1.29 is 9.53 Å². The van der Waals surface area contributed by atoms with Gasteiger partial charge in [-0.15, -0.1) is 0 Å². The molecule has 1 N–H and O–H groups in total. The molecule has 2 aliphatic heterocycles. The number of nitrogens with zero attached hydrogens (tertiary/aromatic N) is 1. The lowest BCUT2D eigenvalue weighted by atomic mass is 9.80. The highest BCUT2D eigenvalue weighted by Gasteiger charge is 2.39. The summed E-state index contributed by atoms with van der Waals surface area (Å²) in [4.78, 5) is 14.7. The lowest BCUT2D eigenvalue weighted by Gasteiger charge is -2.43. The third-order valence-corrected chi connectivity index (χ3v) is 4.89. The van der Waals surface area contributed by atoms with E-state index in [0.717, 1.165) is 30.9 Å². The number of hydrogen-bond acceptors (Lipinski definition) is 3. The Labute approximate surface area is 136 Å². The van der Waals surface area contributed by atoms with E-state index in [1.807, 2.05) is 18.2 Å². The normalized spacial score (nSPS) is 23.6. The molecule has 2 atom stereocenters. The van der Waals surface area contributed by atoms with Crippen LogP contribution in [0, 0.1) is 0 Å². The number of fused-ring (bicyclic) bond motifs is 3. The molecule has 2 aromatic rings. The SMILES string of the molecule is COc1ccc2c(c1)C1C(=O)NCCN1CC2c1ccccc1. The molecule has 0 radical (unpaired) electrons. The van der Waals surface area contributed by atoms with Gasteiger partial charge in [0.25, 0.3) is 0 Å². The average Bonchev–Trinajstić information content (AvgIpc) is 2.61. The van der Waals surface area contributed by atoms with Crippen LogP contribution in [0.25, 0.3) is 0 Å². The standard InChI is InChI=1S/C19H20N2O2/c1-23-14-7-8-15-16(11-14)18-19(22)20-9-10-21(18)12-17(15)13-5-3-2-4-6-13/h2-8,11,17-18H,9-10,12H2,1H3,(H,20,22). The molecule has 0 bridgehead atoms. The van der Waals surface area contributed by atoms with Crippen LogP contribution < -0.4 is 10.1 Å². The number of hydrogen-bond donors (Lipinski definition) is 1. The Balaban J connectivity index is 1.85. The van der Waals surface area contributed by atoms with Crippen molar-refractivity contribution in [3.05, 3.63) is 65.2 Å². The highest BCUT2D eigenvalue weighted by molar-refractivity contribution is 5.85. The summed E-state index contributed by atoms with van der Waals surface area (Å²) in [5.74, 6) is 1.19. The van der Waals surface area contributed by atoms with Gasteiger partial charge in [-0.3, -0.25) is 9.69 Å². The third kappa shape index (κ3) is 2.39. The average molecular weight is 308 g/mol. The van der Waals surface area contributed by atoms with Crippen LogP contribution in [0.1, 0.15) is 28.7 Å². The predicted octanol–water partition coefficient (Wildman–Crippen LogP) is 2.31. The van der Waals surface area contributed by atoms with E-state index in [4.69, 9.17) is 4.74 Å². The highest BCUT2D eigenvalue weighted by Crippen LogP contribution is 2.41. The minimum Gasteiger partial charge on any atom is -0.497 e. The first-order valence-corrected chi connectivity index (χ1v) is 8.02. The Kier molecular flexibility index (Phi) is 3.54. The van der Waals surface area contributed by atoms with E-state index in [-0.39, 0.29) is 11.9 Å². The number of benzene rings is 2. The van der Waals surface area contributed by atoms with Crippen LogP contribution in [0.5, 0.6) is 5.75 Å². The second kappa shape index (κ2) is 5.70. The summed E-state index contributed by atoms with van der Waals surface area (Å²) in [6.45, 7) is 2.48. The molecule has 4 heteroatoms. The molecule has 2 aromatic carbocycles. The molecule has 0 aliphatic carbocycles. The summed E-state index contributed by atoms with van der Waals surface area (Å²) in [6, 6.07) is 16.5. The molecule has 4 nitrogen and oxygen atoms in total. The molecule has 2 unspecified atom stereocenters. The van der Waals surface area contributed by atoms with Crippen LogP contribution >= 0.6 is 0 Å². The Morgan fingerprint density at radius 3 is 2.74 bits per heavy atom. The number of piperazine rings is 1. The molecule has 1 amide bonds. The quantitative estimate of drug-likeness (QED) is 0.926. The zero-order valence-corrected chi connectivity index (χ0v) is 13.2. The first-order chi connectivity index (χ1) is 11.3. The van der Waals surface area contributed by atoms with Gasteiger partial charge in [0, 0.05) is 25.6 Å². The smallest absolute Gasteiger partial charge is 0.242 e. The van der Waals surface area contributed by atoms with E-state index in [1.54, 1.807) is 7.11 Å². The maximum Gasteiger partial charge on any atom is 0.242 e. The molecule has 2 heterocycles. The summed E-state index contributed by atoms with van der Waals surface area (Å²) >= 11 is 0. The summed E-state index contributed by atoms with van der Waals surface area (Å²) in [7, 11) is 1.66. The highest BCUT2D eigenvalue weighted by atomic mass is 16.5. The Hall–Kier alpha value is -2.33. The number of rotatable bonds is 2. The number of ether oxygens (including phenoxy) is 1. The number of carbonyl (C=O) groups excluding carboxylic acids is 1. The van der Waals surface area contributed by atoms with Crippen molar-refractivity contribution in [1.82, 2.24) is 10.2 Å². The molecule has 2 aliphatic rings. The van der Waals surface area contributed by atoms with Crippen molar-refractivity contribution in [3.63, 3.8) is 0 Å². The Morgan fingerprint density at radius 2 is 1.96 bits per heavy atom. The van der Waals surface area contributed by atoms with Gasteiger partial charge in [-0.05, 0) is 28.8 Å². The molecule has 1 fully saturated rings. The van der Waals surface area contributed by atoms with Crippen molar-refractivity contribution in [2.75, 3.05) is 26.7 Å². The molecule has 118 valence electrons. The lowest BCUT2D eigenvalue weighted by Crippen LogP contribution is -2.53. The fraction of sp³-hybridized carbons (Fsp3) is 0.316. The van der Waals surface area contributed by atoms with Gasteiger partial charge in [0.1, 0.15) is 11.8 Å². The minimum absolute atomic E-state index is 0.0947. The molecular formula is C19H20N2O2. The molecule has 0 aromatic heterocycles. The van der Waals surface area contributed by atoms with Crippen molar-refractivity contribution in [2.45, 2.75) is 12.0 Å². The topological polar surface area (TPSA) is 41.6 Å². The van der Waals surface area contributed by atoms with Crippen LogP contribution in [0.3, 0.4) is 0 Å². The number of nitrogens with one attached hydrogen (secondary N) is 1. The van der Waals surface area contributed by atoms with E-state index in [1.165, 1.54) is 11.1 Å². The Morgan fingerprint density at radius 1 is 1.13 bits per heavy atom. The number of methoxy groups -OCH3 is 1. The number of carbonyl (C=O) groups is 1. The number of amides is 1. The zero-order chi connectivity index (χ0) is 15.8. The van der Waals surface area contributed by atoms with E-state index in [9.17, 15) is 4.79 Å². The van der Waals surface area contributed by atoms with Gasteiger partial charge in [0.15, 0.2) is 0 Å². The van der Waals surface area contributed by atoms with Gasteiger partial charge in [0.05, 0.1) is 7.11 Å². The van der Waals surface area contributed by atoms with Crippen molar-refractivity contribution in [3.8, 4) is 5.75 Å². The van der Waals surface area contributed by atoms with E-state index >= 15 is 0 Å². The van der Waals surface area contributed by atoms with Gasteiger partial charge >= 0.3 is 0 Å². The maximum atomic E-state index is 12.4. The molecule has 23 heavy (non-hydrogen) atoms. The fourth-order valence-corrected chi connectivity index (χ4v) is 3.79. The van der Waals surface area contributed by atoms with E-state index in [2.05, 4.69) is 40.5 Å². The van der Waals surface area contributed by atoms with Crippen LogP contribution in [-0.2, 0) is 4.79 Å². The summed E-state index contributed by atoms with van der Waals surface area (Å²) in [6.07, 6.45) is 0.